The van der Waals surface area contributed by atoms with Crippen LogP contribution in [0.25, 0.3) is 26.9 Å². The average Bonchev–Trinajstić information content (AvgIpc) is 3.18. The van der Waals surface area contributed by atoms with Crippen molar-refractivity contribution in [2.24, 2.45) is 0 Å². The lowest BCUT2D eigenvalue weighted by atomic mass is 10.2. The third kappa shape index (κ3) is 2.41. The Bertz CT molecular complexity index is 1030. The van der Waals surface area contributed by atoms with E-state index >= 15 is 0 Å². The number of methoxy groups -OCH3 is 1. The lowest BCUT2D eigenvalue weighted by molar-refractivity contribution is 0.415. The second-order valence-corrected chi connectivity index (χ2v) is 5.94. The fourth-order valence-corrected chi connectivity index (χ4v) is 3.12. The average molecular weight is 344 g/mol. The van der Waals surface area contributed by atoms with Gasteiger partial charge in [-0.15, -0.1) is 10.2 Å². The van der Waals surface area contributed by atoms with E-state index in [0.717, 1.165) is 23.4 Å². The number of aromatic nitrogens is 4. The molecule has 0 aliphatic heterocycles. The van der Waals surface area contributed by atoms with Gasteiger partial charge in [-0.25, -0.2) is 8.78 Å². The van der Waals surface area contributed by atoms with Gasteiger partial charge >= 0.3 is 0 Å². The number of rotatable bonds is 3. The Morgan fingerprint density at radius 2 is 1.71 bits per heavy atom. The first-order valence-corrected chi connectivity index (χ1v) is 7.79. The van der Waals surface area contributed by atoms with Gasteiger partial charge in [0.05, 0.1) is 7.11 Å². The van der Waals surface area contributed by atoms with Gasteiger partial charge in [-0.05, 0) is 42.5 Å². The molecule has 2 heterocycles. The summed E-state index contributed by atoms with van der Waals surface area (Å²) in [5, 5.41) is 13.2. The van der Waals surface area contributed by atoms with Gasteiger partial charge < -0.3 is 4.74 Å². The smallest absolute Gasteiger partial charge is 0.235 e. The van der Waals surface area contributed by atoms with E-state index in [9.17, 15) is 8.78 Å². The van der Waals surface area contributed by atoms with Gasteiger partial charge in [-0.3, -0.25) is 0 Å². The number of hydrogen-bond donors (Lipinski definition) is 0. The topological polar surface area (TPSA) is 52.3 Å². The molecule has 5 nitrogen and oxygen atoms in total. The molecule has 8 heteroatoms. The molecule has 0 bridgehead atoms. The van der Waals surface area contributed by atoms with Crippen LogP contribution >= 0.6 is 11.3 Å². The van der Waals surface area contributed by atoms with Crippen molar-refractivity contribution < 1.29 is 13.5 Å². The SMILES string of the molecule is COc1ccc(-c2nnc3sc(-c4ccc(F)c(F)c4)nn23)cc1. The van der Waals surface area contributed by atoms with Crippen LogP contribution in [0.1, 0.15) is 0 Å². The van der Waals surface area contributed by atoms with Crippen LogP contribution in [0.2, 0.25) is 0 Å². The lowest BCUT2D eigenvalue weighted by Gasteiger charge is -2.00. The van der Waals surface area contributed by atoms with Crippen LogP contribution < -0.4 is 4.74 Å². The number of benzene rings is 2. The van der Waals surface area contributed by atoms with Crippen molar-refractivity contribution in [3.05, 3.63) is 54.1 Å². The second kappa shape index (κ2) is 5.64. The van der Waals surface area contributed by atoms with Crippen LogP contribution in [-0.2, 0) is 0 Å². The van der Waals surface area contributed by atoms with Gasteiger partial charge in [0.15, 0.2) is 17.5 Å². The standard InChI is InChI=1S/C16H10F2N4OS/c1-23-11-5-2-9(3-6-11)14-19-20-16-22(14)21-15(24-16)10-4-7-12(17)13(18)8-10/h2-8H,1H3. The van der Waals surface area contributed by atoms with Crippen LogP contribution in [0.5, 0.6) is 5.75 Å². The van der Waals surface area contributed by atoms with E-state index in [0.29, 0.717) is 21.4 Å². The maximum absolute atomic E-state index is 13.4. The molecule has 0 radical (unpaired) electrons. The van der Waals surface area contributed by atoms with Crippen molar-refractivity contribution in [1.82, 2.24) is 19.8 Å². The number of halogens is 2. The van der Waals surface area contributed by atoms with Crippen molar-refractivity contribution in [3.8, 4) is 27.7 Å². The highest BCUT2D eigenvalue weighted by molar-refractivity contribution is 7.19. The van der Waals surface area contributed by atoms with E-state index in [2.05, 4.69) is 15.3 Å². The molecule has 0 N–H and O–H groups in total. The maximum atomic E-state index is 13.4. The Balaban J connectivity index is 1.79. The first kappa shape index (κ1) is 14.7. The lowest BCUT2D eigenvalue weighted by Crippen LogP contribution is -1.92. The van der Waals surface area contributed by atoms with Gasteiger partial charge in [-0.1, -0.05) is 11.3 Å². The summed E-state index contributed by atoms with van der Waals surface area (Å²) in [5.74, 6) is -0.493. The fraction of sp³-hybridized carbons (Fsp3) is 0.0625. The van der Waals surface area contributed by atoms with Gasteiger partial charge in [0.2, 0.25) is 4.96 Å². The van der Waals surface area contributed by atoms with Crippen molar-refractivity contribution in [1.29, 1.82) is 0 Å². The summed E-state index contributed by atoms with van der Waals surface area (Å²) >= 11 is 1.25. The molecule has 0 amide bonds. The monoisotopic (exact) mass is 344 g/mol. The van der Waals surface area contributed by atoms with Crippen LogP contribution in [0.15, 0.2) is 42.5 Å². The van der Waals surface area contributed by atoms with Gasteiger partial charge in [0.1, 0.15) is 10.8 Å². The maximum Gasteiger partial charge on any atom is 0.235 e. The zero-order valence-corrected chi connectivity index (χ0v) is 13.2. The first-order valence-electron chi connectivity index (χ1n) is 6.98. The molecule has 0 saturated carbocycles. The Morgan fingerprint density at radius 3 is 2.42 bits per heavy atom. The van der Waals surface area contributed by atoms with Crippen LogP contribution in [0.4, 0.5) is 8.78 Å². The summed E-state index contributed by atoms with van der Waals surface area (Å²) in [6.07, 6.45) is 0. The number of nitrogens with zero attached hydrogens (tertiary/aromatic N) is 4. The number of fused-ring (bicyclic) bond motifs is 1. The highest BCUT2D eigenvalue weighted by Crippen LogP contribution is 2.29. The molecule has 2 aromatic heterocycles. The minimum Gasteiger partial charge on any atom is -0.497 e. The number of ether oxygens (including phenoxy) is 1. The van der Waals surface area contributed by atoms with Crippen LogP contribution in [-0.4, -0.2) is 26.9 Å². The van der Waals surface area contributed by atoms with Crippen molar-refractivity contribution in [3.63, 3.8) is 0 Å². The quantitative estimate of drug-likeness (QED) is 0.567. The van der Waals surface area contributed by atoms with E-state index in [1.165, 1.54) is 17.4 Å². The van der Waals surface area contributed by atoms with Crippen molar-refractivity contribution in [2.75, 3.05) is 7.11 Å². The molecule has 4 aromatic rings. The third-order valence-electron chi connectivity index (χ3n) is 3.51. The predicted molar refractivity (Wildman–Crippen MR) is 86.0 cm³/mol. The fourth-order valence-electron chi connectivity index (χ4n) is 2.28. The molecule has 120 valence electrons. The highest BCUT2D eigenvalue weighted by Gasteiger charge is 2.15. The van der Waals surface area contributed by atoms with E-state index < -0.39 is 11.6 Å². The summed E-state index contributed by atoms with van der Waals surface area (Å²) < 4.78 is 33.2. The van der Waals surface area contributed by atoms with Gasteiger partial charge in [0.25, 0.3) is 0 Å². The summed E-state index contributed by atoms with van der Waals surface area (Å²) in [6, 6.07) is 11.0. The van der Waals surface area contributed by atoms with E-state index in [1.54, 1.807) is 11.6 Å². The molecule has 0 fully saturated rings. The van der Waals surface area contributed by atoms with Crippen molar-refractivity contribution in [2.45, 2.75) is 0 Å². The Labute approximate surface area is 139 Å². The van der Waals surface area contributed by atoms with Crippen molar-refractivity contribution >= 4 is 16.3 Å². The molecule has 0 spiro atoms. The molecule has 4 rings (SSSR count). The summed E-state index contributed by atoms with van der Waals surface area (Å²) in [6.45, 7) is 0. The zero-order valence-electron chi connectivity index (χ0n) is 12.4. The number of hydrogen-bond acceptors (Lipinski definition) is 5. The second-order valence-electron chi connectivity index (χ2n) is 4.98. The third-order valence-corrected chi connectivity index (χ3v) is 4.45. The molecule has 0 aliphatic rings. The molecular formula is C16H10F2N4OS. The zero-order chi connectivity index (χ0) is 16.7. The highest BCUT2D eigenvalue weighted by atomic mass is 32.1. The van der Waals surface area contributed by atoms with E-state index in [1.807, 2.05) is 24.3 Å². The molecular weight excluding hydrogens is 334 g/mol. The Kier molecular flexibility index (Phi) is 3.46. The molecule has 0 aliphatic carbocycles. The van der Waals surface area contributed by atoms with Gasteiger partial charge in [0, 0.05) is 11.1 Å². The molecule has 2 aromatic carbocycles. The molecule has 0 unspecified atom stereocenters. The summed E-state index contributed by atoms with van der Waals surface area (Å²) in [7, 11) is 1.60. The minimum absolute atomic E-state index is 0.491. The van der Waals surface area contributed by atoms with E-state index in [-0.39, 0.29) is 0 Å². The van der Waals surface area contributed by atoms with E-state index in [4.69, 9.17) is 4.74 Å². The molecule has 24 heavy (non-hydrogen) atoms. The van der Waals surface area contributed by atoms with Gasteiger partial charge in [-0.2, -0.15) is 9.61 Å². The summed E-state index contributed by atoms with van der Waals surface area (Å²) in [4.78, 5) is 0.570. The minimum atomic E-state index is -0.908. The molecule has 0 saturated heterocycles. The first-order chi connectivity index (χ1) is 11.7. The Morgan fingerprint density at radius 1 is 0.958 bits per heavy atom. The Hall–Kier alpha value is -2.87. The van der Waals surface area contributed by atoms with Crippen LogP contribution in [0, 0.1) is 11.6 Å². The normalized spacial score (nSPS) is 11.1. The molecule has 0 atom stereocenters. The summed E-state index contributed by atoms with van der Waals surface area (Å²) in [5.41, 5.74) is 1.32. The predicted octanol–water partition coefficient (Wildman–Crippen LogP) is 3.81. The largest absolute Gasteiger partial charge is 0.497 e. The van der Waals surface area contributed by atoms with Crippen LogP contribution in [0.3, 0.4) is 0 Å².